The third-order valence-corrected chi connectivity index (χ3v) is 3.01. The number of nitrogens with two attached hydrogens (primary N) is 1. The Morgan fingerprint density at radius 1 is 1.38 bits per heavy atom. The Morgan fingerprint density at radius 2 is 2.12 bits per heavy atom. The molecule has 0 amide bonds. The summed E-state index contributed by atoms with van der Waals surface area (Å²) < 4.78 is 32.1. The lowest BCUT2D eigenvalue weighted by atomic mass is 9.99. The molecule has 4 heteroatoms. The normalized spacial score (nSPS) is 27.0. The smallest absolute Gasteiger partial charge is 0.163 e. The number of ether oxygens (including phenoxy) is 1. The number of benzene rings is 1. The van der Waals surface area contributed by atoms with Crippen LogP contribution >= 0.6 is 0 Å². The first-order valence-electron chi connectivity index (χ1n) is 5.44. The molecule has 2 rings (SSSR count). The van der Waals surface area contributed by atoms with Crippen molar-refractivity contribution in [2.24, 2.45) is 5.73 Å². The molecule has 88 valence electrons. The van der Waals surface area contributed by atoms with Gasteiger partial charge in [0.2, 0.25) is 0 Å². The number of hydrogen-bond acceptors (Lipinski definition) is 2. The van der Waals surface area contributed by atoms with Crippen LogP contribution in [0.3, 0.4) is 0 Å². The summed E-state index contributed by atoms with van der Waals surface area (Å²) in [6.07, 6.45) is 1.63. The minimum Gasteiger partial charge on any atom is -0.373 e. The molecule has 1 saturated heterocycles. The van der Waals surface area contributed by atoms with E-state index in [1.165, 1.54) is 12.1 Å². The number of hydrogen-bond donors (Lipinski definition) is 1. The van der Waals surface area contributed by atoms with Gasteiger partial charge in [0.25, 0.3) is 0 Å². The van der Waals surface area contributed by atoms with E-state index in [0.29, 0.717) is 0 Å². The van der Waals surface area contributed by atoms with Crippen LogP contribution in [0, 0.1) is 11.6 Å². The van der Waals surface area contributed by atoms with Crippen LogP contribution in [0.4, 0.5) is 8.78 Å². The van der Waals surface area contributed by atoms with Gasteiger partial charge in [-0.15, -0.1) is 0 Å². The summed E-state index contributed by atoms with van der Waals surface area (Å²) in [5, 5.41) is 0. The summed E-state index contributed by atoms with van der Waals surface area (Å²) in [5.41, 5.74) is 6.09. The van der Waals surface area contributed by atoms with Gasteiger partial charge in [-0.3, -0.25) is 0 Å². The molecular weight excluding hydrogens is 212 g/mol. The monoisotopic (exact) mass is 227 g/mol. The average Bonchev–Trinajstić information content (AvgIpc) is 2.68. The maximum absolute atomic E-state index is 13.5. The maximum atomic E-state index is 13.5. The van der Waals surface area contributed by atoms with E-state index in [1.807, 2.05) is 6.92 Å². The van der Waals surface area contributed by atoms with Gasteiger partial charge in [0, 0.05) is 5.56 Å². The van der Waals surface area contributed by atoms with Crippen LogP contribution < -0.4 is 5.73 Å². The Kier molecular flexibility index (Phi) is 3.21. The Hall–Kier alpha value is -1.00. The van der Waals surface area contributed by atoms with E-state index < -0.39 is 17.7 Å². The molecule has 1 aromatic carbocycles. The molecule has 3 atom stereocenters. The van der Waals surface area contributed by atoms with Gasteiger partial charge in [0.05, 0.1) is 18.2 Å². The highest BCUT2D eigenvalue weighted by atomic mass is 19.2. The summed E-state index contributed by atoms with van der Waals surface area (Å²) in [6, 6.07) is 3.46. The second kappa shape index (κ2) is 4.47. The quantitative estimate of drug-likeness (QED) is 0.842. The molecule has 1 aromatic rings. The molecule has 2 N–H and O–H groups in total. The van der Waals surface area contributed by atoms with Crippen LogP contribution in [-0.4, -0.2) is 12.2 Å². The molecule has 0 aromatic heterocycles. The van der Waals surface area contributed by atoms with Crippen molar-refractivity contribution in [3.05, 3.63) is 35.4 Å². The van der Waals surface area contributed by atoms with Crippen molar-refractivity contribution in [1.29, 1.82) is 0 Å². The van der Waals surface area contributed by atoms with Crippen molar-refractivity contribution >= 4 is 0 Å². The Balaban J connectivity index is 2.20. The van der Waals surface area contributed by atoms with Gasteiger partial charge in [-0.1, -0.05) is 12.1 Å². The summed E-state index contributed by atoms with van der Waals surface area (Å²) in [5.74, 6) is -1.72. The molecule has 2 nitrogen and oxygen atoms in total. The molecule has 0 radical (unpaired) electrons. The van der Waals surface area contributed by atoms with Crippen molar-refractivity contribution in [3.8, 4) is 0 Å². The molecule has 1 fully saturated rings. The summed E-state index contributed by atoms with van der Waals surface area (Å²) in [4.78, 5) is 0. The average molecular weight is 227 g/mol. The molecule has 0 bridgehead atoms. The summed E-state index contributed by atoms with van der Waals surface area (Å²) >= 11 is 0. The van der Waals surface area contributed by atoms with Gasteiger partial charge in [-0.2, -0.15) is 0 Å². The van der Waals surface area contributed by atoms with Crippen LogP contribution in [-0.2, 0) is 4.74 Å². The Labute approximate surface area is 93.4 Å². The lowest BCUT2D eigenvalue weighted by Crippen LogP contribution is -2.27. The van der Waals surface area contributed by atoms with E-state index in [0.717, 1.165) is 18.9 Å². The fourth-order valence-electron chi connectivity index (χ4n) is 2.08. The molecule has 0 spiro atoms. The lowest BCUT2D eigenvalue weighted by Gasteiger charge is -2.20. The largest absolute Gasteiger partial charge is 0.373 e. The Bertz CT molecular complexity index is 383. The van der Waals surface area contributed by atoms with Gasteiger partial charge < -0.3 is 10.5 Å². The van der Waals surface area contributed by atoms with Crippen LogP contribution in [0.25, 0.3) is 0 Å². The van der Waals surface area contributed by atoms with Crippen molar-refractivity contribution in [2.45, 2.75) is 38.0 Å². The third kappa shape index (κ3) is 2.08. The van der Waals surface area contributed by atoms with Crippen LogP contribution in [0.5, 0.6) is 0 Å². The molecular formula is C12H15F2NO. The van der Waals surface area contributed by atoms with E-state index in [4.69, 9.17) is 10.5 Å². The van der Waals surface area contributed by atoms with Gasteiger partial charge in [0.1, 0.15) is 0 Å². The van der Waals surface area contributed by atoms with Gasteiger partial charge in [-0.25, -0.2) is 8.78 Å². The fraction of sp³-hybridized carbons (Fsp3) is 0.500. The fourth-order valence-corrected chi connectivity index (χ4v) is 2.08. The highest BCUT2D eigenvalue weighted by Gasteiger charge is 2.30. The second-order valence-electron chi connectivity index (χ2n) is 4.23. The van der Waals surface area contributed by atoms with Gasteiger partial charge in [0.15, 0.2) is 11.6 Å². The SMILES string of the molecule is CC1CCC(C(N)c2cccc(F)c2F)O1. The first-order valence-corrected chi connectivity index (χ1v) is 5.44. The first kappa shape index (κ1) is 11.5. The van der Waals surface area contributed by atoms with E-state index in [9.17, 15) is 8.78 Å². The molecule has 0 aliphatic carbocycles. The minimum atomic E-state index is -0.863. The van der Waals surface area contributed by atoms with Crippen LogP contribution in [0.2, 0.25) is 0 Å². The Morgan fingerprint density at radius 3 is 2.75 bits per heavy atom. The van der Waals surface area contributed by atoms with Crippen molar-refractivity contribution < 1.29 is 13.5 Å². The zero-order chi connectivity index (χ0) is 11.7. The van der Waals surface area contributed by atoms with E-state index in [1.54, 1.807) is 0 Å². The zero-order valence-electron chi connectivity index (χ0n) is 9.12. The lowest BCUT2D eigenvalue weighted by molar-refractivity contribution is 0.0393. The summed E-state index contributed by atoms with van der Waals surface area (Å²) in [7, 11) is 0. The van der Waals surface area contributed by atoms with Crippen molar-refractivity contribution in [1.82, 2.24) is 0 Å². The molecule has 1 aliphatic heterocycles. The maximum Gasteiger partial charge on any atom is 0.163 e. The molecule has 3 unspecified atom stereocenters. The number of rotatable bonds is 2. The topological polar surface area (TPSA) is 35.2 Å². The minimum absolute atomic E-state index is 0.146. The molecule has 16 heavy (non-hydrogen) atoms. The zero-order valence-corrected chi connectivity index (χ0v) is 9.12. The van der Waals surface area contributed by atoms with Crippen molar-refractivity contribution in [2.75, 3.05) is 0 Å². The summed E-state index contributed by atoms with van der Waals surface area (Å²) in [6.45, 7) is 1.95. The first-order chi connectivity index (χ1) is 7.59. The van der Waals surface area contributed by atoms with E-state index in [-0.39, 0.29) is 17.8 Å². The van der Waals surface area contributed by atoms with E-state index in [2.05, 4.69) is 0 Å². The van der Waals surface area contributed by atoms with Crippen LogP contribution in [0.1, 0.15) is 31.4 Å². The van der Waals surface area contributed by atoms with Gasteiger partial charge >= 0.3 is 0 Å². The highest BCUT2D eigenvalue weighted by Crippen LogP contribution is 2.30. The third-order valence-electron chi connectivity index (χ3n) is 3.01. The number of halogens is 2. The molecule has 1 aliphatic rings. The molecule has 0 saturated carbocycles. The predicted molar refractivity (Wildman–Crippen MR) is 56.9 cm³/mol. The van der Waals surface area contributed by atoms with Gasteiger partial charge in [-0.05, 0) is 25.8 Å². The standard InChI is InChI=1S/C12H15F2NO/c1-7-5-6-10(16-7)12(15)8-3-2-4-9(13)11(8)14/h2-4,7,10,12H,5-6,15H2,1H3. The predicted octanol–water partition coefficient (Wildman–Crippen LogP) is 2.53. The van der Waals surface area contributed by atoms with E-state index >= 15 is 0 Å². The van der Waals surface area contributed by atoms with Crippen molar-refractivity contribution in [3.63, 3.8) is 0 Å². The van der Waals surface area contributed by atoms with Crippen LogP contribution in [0.15, 0.2) is 18.2 Å². The second-order valence-corrected chi connectivity index (χ2v) is 4.23. The molecule has 1 heterocycles. The highest BCUT2D eigenvalue weighted by molar-refractivity contribution is 5.23.